The first kappa shape index (κ1) is 13.3. The van der Waals surface area contributed by atoms with Crippen LogP contribution in [0.3, 0.4) is 0 Å². The summed E-state index contributed by atoms with van der Waals surface area (Å²) in [5.74, 6) is 1.67. The Labute approximate surface area is 106 Å². The van der Waals surface area contributed by atoms with E-state index < -0.39 is 0 Å². The maximum atomic E-state index is 6.02. The fraction of sp³-hybridized carbons (Fsp3) is 1.00. The van der Waals surface area contributed by atoms with E-state index in [1.807, 2.05) is 0 Å². The summed E-state index contributed by atoms with van der Waals surface area (Å²) in [5, 5.41) is 0. The van der Waals surface area contributed by atoms with Gasteiger partial charge in [-0.05, 0) is 24.7 Å². The van der Waals surface area contributed by atoms with Crippen molar-refractivity contribution in [3.8, 4) is 0 Å². The van der Waals surface area contributed by atoms with E-state index in [1.165, 1.54) is 45.6 Å². The average molecular weight is 239 g/mol. The van der Waals surface area contributed by atoms with Gasteiger partial charge in [0.1, 0.15) is 0 Å². The van der Waals surface area contributed by atoms with Gasteiger partial charge in [-0.1, -0.05) is 20.8 Å². The van der Waals surface area contributed by atoms with Gasteiger partial charge in [0.15, 0.2) is 0 Å². The highest BCUT2D eigenvalue weighted by atomic mass is 15.3. The Hall–Kier alpha value is -0.120. The molecule has 0 unspecified atom stereocenters. The summed E-state index contributed by atoms with van der Waals surface area (Å²) in [4.78, 5) is 5.28. The van der Waals surface area contributed by atoms with Gasteiger partial charge in [0.25, 0.3) is 0 Å². The lowest BCUT2D eigenvalue weighted by Crippen LogP contribution is -2.65. The molecule has 0 radical (unpaired) electrons. The molecule has 17 heavy (non-hydrogen) atoms. The van der Waals surface area contributed by atoms with Crippen molar-refractivity contribution in [1.29, 1.82) is 0 Å². The van der Waals surface area contributed by atoms with Crippen molar-refractivity contribution in [3.05, 3.63) is 0 Å². The molecule has 0 aromatic carbocycles. The molecular formula is C14H29N3. The minimum atomic E-state index is 0.364. The molecule has 2 N–H and O–H groups in total. The number of nitrogens with two attached hydrogens (primary N) is 1. The van der Waals surface area contributed by atoms with Gasteiger partial charge in [0.2, 0.25) is 0 Å². The van der Waals surface area contributed by atoms with Crippen molar-refractivity contribution in [2.24, 2.45) is 17.6 Å². The molecule has 3 heteroatoms. The lowest BCUT2D eigenvalue weighted by molar-refractivity contribution is -0.0409. The second-order valence-corrected chi connectivity index (χ2v) is 6.62. The monoisotopic (exact) mass is 239 g/mol. The molecule has 0 bridgehead atoms. The molecule has 0 aromatic rings. The summed E-state index contributed by atoms with van der Waals surface area (Å²) < 4.78 is 0. The van der Waals surface area contributed by atoms with E-state index in [9.17, 15) is 0 Å². The maximum Gasteiger partial charge on any atom is 0.0337 e. The van der Waals surface area contributed by atoms with Crippen LogP contribution >= 0.6 is 0 Å². The Morgan fingerprint density at radius 1 is 1.18 bits per heavy atom. The van der Waals surface area contributed by atoms with Crippen molar-refractivity contribution in [3.63, 3.8) is 0 Å². The van der Waals surface area contributed by atoms with Crippen LogP contribution in [0.5, 0.6) is 0 Å². The van der Waals surface area contributed by atoms with E-state index >= 15 is 0 Å². The molecule has 1 saturated carbocycles. The Morgan fingerprint density at radius 3 is 2.18 bits per heavy atom. The zero-order valence-corrected chi connectivity index (χ0v) is 11.8. The summed E-state index contributed by atoms with van der Waals surface area (Å²) in [6, 6.07) is 0. The molecule has 2 rings (SSSR count). The number of hydrogen-bond acceptors (Lipinski definition) is 3. The molecule has 3 nitrogen and oxygen atoms in total. The van der Waals surface area contributed by atoms with Crippen LogP contribution in [0.2, 0.25) is 0 Å². The van der Waals surface area contributed by atoms with E-state index in [0.717, 1.165) is 18.4 Å². The van der Waals surface area contributed by atoms with Crippen LogP contribution in [0.25, 0.3) is 0 Å². The van der Waals surface area contributed by atoms with Crippen LogP contribution < -0.4 is 5.73 Å². The Balaban J connectivity index is 1.82. The van der Waals surface area contributed by atoms with Gasteiger partial charge in [-0.25, -0.2) is 0 Å². The summed E-state index contributed by atoms with van der Waals surface area (Å²) >= 11 is 0. The standard InChI is InChI=1S/C14H29N3/c1-12(2)10-16-4-6-17(7-5-16)14(11-15)8-13(3)9-14/h12-13H,4-11,15H2,1-3H3. The quantitative estimate of drug-likeness (QED) is 0.804. The molecule has 0 spiro atoms. The molecule has 2 fully saturated rings. The summed E-state index contributed by atoms with van der Waals surface area (Å²) in [6.07, 6.45) is 2.63. The normalized spacial score (nSPS) is 36.2. The summed E-state index contributed by atoms with van der Waals surface area (Å²) in [5.41, 5.74) is 6.39. The first-order valence-corrected chi connectivity index (χ1v) is 7.23. The summed E-state index contributed by atoms with van der Waals surface area (Å²) in [6.45, 7) is 14.0. The fourth-order valence-corrected chi connectivity index (χ4v) is 3.71. The van der Waals surface area contributed by atoms with Crippen LogP contribution in [-0.2, 0) is 0 Å². The Morgan fingerprint density at radius 2 is 1.76 bits per heavy atom. The first-order valence-electron chi connectivity index (χ1n) is 7.23. The number of hydrogen-bond donors (Lipinski definition) is 1. The predicted molar refractivity (Wildman–Crippen MR) is 73.0 cm³/mol. The molecule has 1 saturated heterocycles. The van der Waals surface area contributed by atoms with E-state index in [0.29, 0.717) is 5.54 Å². The van der Waals surface area contributed by atoms with Gasteiger partial charge in [-0.2, -0.15) is 0 Å². The molecule has 100 valence electrons. The van der Waals surface area contributed by atoms with Gasteiger partial charge >= 0.3 is 0 Å². The molecule has 1 aliphatic carbocycles. The van der Waals surface area contributed by atoms with Crippen molar-refractivity contribution < 1.29 is 0 Å². The maximum absolute atomic E-state index is 6.02. The van der Waals surface area contributed by atoms with Crippen molar-refractivity contribution >= 4 is 0 Å². The molecule has 0 aromatic heterocycles. The first-order chi connectivity index (χ1) is 8.05. The predicted octanol–water partition coefficient (Wildman–Crippen LogP) is 1.39. The summed E-state index contributed by atoms with van der Waals surface area (Å²) in [7, 11) is 0. The third-order valence-electron chi connectivity index (χ3n) is 4.50. The van der Waals surface area contributed by atoms with Gasteiger partial charge in [-0.15, -0.1) is 0 Å². The molecule has 1 aliphatic heterocycles. The molecule has 0 amide bonds. The van der Waals surface area contributed by atoms with Gasteiger partial charge in [0, 0.05) is 44.8 Å². The highest BCUT2D eigenvalue weighted by Gasteiger charge is 2.46. The lowest BCUT2D eigenvalue weighted by Gasteiger charge is -2.55. The second kappa shape index (κ2) is 5.25. The minimum Gasteiger partial charge on any atom is -0.329 e. The van der Waals surface area contributed by atoms with E-state index in [4.69, 9.17) is 5.73 Å². The SMILES string of the molecule is CC(C)CN1CCN(C2(CN)CC(C)C2)CC1. The van der Waals surface area contributed by atoms with Gasteiger partial charge in [0.05, 0.1) is 0 Å². The molecule has 2 aliphatic rings. The topological polar surface area (TPSA) is 32.5 Å². The largest absolute Gasteiger partial charge is 0.329 e. The van der Waals surface area contributed by atoms with Gasteiger partial charge in [-0.3, -0.25) is 4.90 Å². The van der Waals surface area contributed by atoms with Crippen LogP contribution in [0.1, 0.15) is 33.6 Å². The highest BCUT2D eigenvalue weighted by Crippen LogP contribution is 2.41. The van der Waals surface area contributed by atoms with Crippen LogP contribution in [0.4, 0.5) is 0 Å². The average Bonchev–Trinajstić information content (AvgIpc) is 2.25. The number of nitrogens with zero attached hydrogens (tertiary/aromatic N) is 2. The molecule has 1 heterocycles. The Bertz CT molecular complexity index is 238. The number of piperazine rings is 1. The van der Waals surface area contributed by atoms with Crippen LogP contribution in [0.15, 0.2) is 0 Å². The van der Waals surface area contributed by atoms with E-state index in [2.05, 4.69) is 30.6 Å². The third kappa shape index (κ3) is 2.83. The zero-order valence-electron chi connectivity index (χ0n) is 11.8. The second-order valence-electron chi connectivity index (χ2n) is 6.62. The highest BCUT2D eigenvalue weighted by molar-refractivity contribution is 5.03. The van der Waals surface area contributed by atoms with Crippen LogP contribution in [0, 0.1) is 11.8 Å². The van der Waals surface area contributed by atoms with E-state index in [-0.39, 0.29) is 0 Å². The van der Waals surface area contributed by atoms with Crippen molar-refractivity contribution in [2.45, 2.75) is 39.2 Å². The van der Waals surface area contributed by atoms with Crippen molar-refractivity contribution in [1.82, 2.24) is 9.80 Å². The smallest absolute Gasteiger partial charge is 0.0337 e. The Kier molecular flexibility index (Phi) is 4.11. The zero-order chi connectivity index (χ0) is 12.5. The molecular weight excluding hydrogens is 210 g/mol. The molecule has 0 atom stereocenters. The van der Waals surface area contributed by atoms with Crippen LogP contribution in [-0.4, -0.2) is 54.6 Å². The van der Waals surface area contributed by atoms with E-state index in [1.54, 1.807) is 0 Å². The van der Waals surface area contributed by atoms with Gasteiger partial charge < -0.3 is 10.6 Å². The minimum absolute atomic E-state index is 0.364. The lowest BCUT2D eigenvalue weighted by atomic mass is 9.68. The fourth-order valence-electron chi connectivity index (χ4n) is 3.71. The third-order valence-corrected chi connectivity index (χ3v) is 4.50. The van der Waals surface area contributed by atoms with Crippen molar-refractivity contribution in [2.75, 3.05) is 39.3 Å². The number of rotatable bonds is 4.